The summed E-state index contributed by atoms with van der Waals surface area (Å²) in [5.41, 5.74) is 2.54. The third-order valence-corrected chi connectivity index (χ3v) is 5.91. The molecule has 1 aliphatic heterocycles. The summed E-state index contributed by atoms with van der Waals surface area (Å²) < 4.78 is 0. The van der Waals surface area contributed by atoms with E-state index in [1.54, 1.807) is 0 Å². The first-order valence-electron chi connectivity index (χ1n) is 11.6. The maximum Gasteiger partial charge on any atom is 0.245 e. The third kappa shape index (κ3) is 6.17. The summed E-state index contributed by atoms with van der Waals surface area (Å²) in [6.45, 7) is 7.00. The van der Waals surface area contributed by atoms with Gasteiger partial charge in [0.05, 0.1) is 6.04 Å². The van der Waals surface area contributed by atoms with Gasteiger partial charge < -0.3 is 10.2 Å². The van der Waals surface area contributed by atoms with Gasteiger partial charge in [0.15, 0.2) is 0 Å². The van der Waals surface area contributed by atoms with Crippen molar-refractivity contribution in [3.63, 3.8) is 0 Å². The maximum absolute atomic E-state index is 13.1. The number of piperazine rings is 1. The van der Waals surface area contributed by atoms with E-state index in [0.29, 0.717) is 25.9 Å². The molecule has 0 spiro atoms. The summed E-state index contributed by atoms with van der Waals surface area (Å²) in [7, 11) is 0. The van der Waals surface area contributed by atoms with Crippen LogP contribution in [0.3, 0.4) is 0 Å². The second-order valence-corrected chi connectivity index (χ2v) is 8.24. The van der Waals surface area contributed by atoms with E-state index < -0.39 is 6.04 Å². The Labute approximate surface area is 186 Å². The Bertz CT molecular complexity index is 778. The van der Waals surface area contributed by atoms with Gasteiger partial charge >= 0.3 is 0 Å². The lowest BCUT2D eigenvalue weighted by molar-refractivity contribution is -0.138. The number of carbonyl (C=O) groups is 2. The number of rotatable bonds is 9. The van der Waals surface area contributed by atoms with Gasteiger partial charge in [-0.15, -0.1) is 0 Å². The molecule has 0 saturated carbocycles. The first-order valence-corrected chi connectivity index (χ1v) is 11.6. The van der Waals surface area contributed by atoms with Crippen molar-refractivity contribution in [2.45, 2.75) is 51.6 Å². The summed E-state index contributed by atoms with van der Waals surface area (Å²) in [6, 6.07) is 20.9. The molecule has 0 bridgehead atoms. The lowest BCUT2D eigenvalue weighted by atomic mass is 9.96. The van der Waals surface area contributed by atoms with Crippen LogP contribution in [0.15, 0.2) is 60.7 Å². The van der Waals surface area contributed by atoms with Gasteiger partial charge in [0.1, 0.15) is 6.04 Å². The van der Waals surface area contributed by atoms with Crippen molar-refractivity contribution in [3.8, 4) is 0 Å². The highest BCUT2D eigenvalue weighted by Crippen LogP contribution is 2.29. The van der Waals surface area contributed by atoms with E-state index in [4.69, 9.17) is 0 Å². The molecule has 5 nitrogen and oxygen atoms in total. The van der Waals surface area contributed by atoms with Crippen LogP contribution in [0.2, 0.25) is 0 Å². The van der Waals surface area contributed by atoms with Gasteiger partial charge in [-0.25, -0.2) is 0 Å². The molecule has 0 aromatic heterocycles. The van der Waals surface area contributed by atoms with Crippen LogP contribution in [0.25, 0.3) is 0 Å². The van der Waals surface area contributed by atoms with Crippen LogP contribution in [0.4, 0.5) is 0 Å². The smallest absolute Gasteiger partial charge is 0.245 e. The Kier molecular flexibility index (Phi) is 8.65. The first kappa shape index (κ1) is 23.0. The van der Waals surface area contributed by atoms with Crippen LogP contribution in [-0.4, -0.2) is 53.8 Å². The fraction of sp³-hybridized carbons (Fsp3) is 0.462. The average molecular weight is 422 g/mol. The number of hydrogen-bond donors (Lipinski definition) is 1. The number of amides is 2. The van der Waals surface area contributed by atoms with Crippen molar-refractivity contribution in [1.82, 2.24) is 15.1 Å². The highest BCUT2D eigenvalue weighted by Gasteiger charge is 2.31. The van der Waals surface area contributed by atoms with E-state index >= 15 is 0 Å². The molecule has 1 unspecified atom stereocenters. The molecule has 5 heteroatoms. The van der Waals surface area contributed by atoms with E-state index in [1.165, 1.54) is 11.1 Å². The van der Waals surface area contributed by atoms with E-state index in [1.807, 2.05) is 24.0 Å². The van der Waals surface area contributed by atoms with Crippen LogP contribution in [0.5, 0.6) is 0 Å². The molecule has 3 rings (SSSR count). The molecular formula is C26H35N3O2. The highest BCUT2D eigenvalue weighted by molar-refractivity contribution is 5.87. The lowest BCUT2D eigenvalue weighted by Crippen LogP contribution is -2.55. The molecular weight excluding hydrogens is 386 g/mol. The second-order valence-electron chi connectivity index (χ2n) is 8.24. The molecule has 0 aliphatic carbocycles. The van der Waals surface area contributed by atoms with Crippen molar-refractivity contribution in [3.05, 3.63) is 71.8 Å². The maximum atomic E-state index is 13.1. The van der Waals surface area contributed by atoms with Gasteiger partial charge in [-0.3, -0.25) is 14.5 Å². The van der Waals surface area contributed by atoms with Crippen LogP contribution in [-0.2, 0) is 9.59 Å². The van der Waals surface area contributed by atoms with Gasteiger partial charge in [-0.1, -0.05) is 80.9 Å². The predicted octanol–water partition coefficient (Wildman–Crippen LogP) is 4.01. The zero-order valence-electron chi connectivity index (χ0n) is 18.8. The molecule has 1 heterocycles. The topological polar surface area (TPSA) is 52.7 Å². The summed E-state index contributed by atoms with van der Waals surface area (Å²) in [5.74, 6) is 0.0306. The minimum Gasteiger partial charge on any atom is -0.344 e. The minimum absolute atomic E-state index is 0.0267. The monoisotopic (exact) mass is 421 g/mol. The number of carbonyl (C=O) groups excluding carboxylic acids is 2. The van der Waals surface area contributed by atoms with Crippen LogP contribution in [0.1, 0.15) is 56.7 Å². The van der Waals surface area contributed by atoms with Crippen LogP contribution in [0, 0.1) is 0 Å². The fourth-order valence-electron chi connectivity index (χ4n) is 4.35. The van der Waals surface area contributed by atoms with E-state index in [-0.39, 0.29) is 17.9 Å². The van der Waals surface area contributed by atoms with E-state index in [9.17, 15) is 9.59 Å². The molecule has 1 aliphatic rings. The summed E-state index contributed by atoms with van der Waals surface area (Å²) in [6.07, 6.45) is 2.81. The van der Waals surface area contributed by atoms with Crippen molar-refractivity contribution in [1.29, 1.82) is 0 Å². The molecule has 1 saturated heterocycles. The Hall–Kier alpha value is -2.66. The molecule has 1 fully saturated rings. The second kappa shape index (κ2) is 11.7. The molecule has 2 aromatic rings. The molecule has 166 valence electrons. The van der Waals surface area contributed by atoms with Gasteiger partial charge in [-0.05, 0) is 24.0 Å². The van der Waals surface area contributed by atoms with E-state index in [2.05, 4.69) is 65.7 Å². The Morgan fingerprint density at radius 3 is 1.87 bits per heavy atom. The number of nitrogens with one attached hydrogen (secondary N) is 1. The summed E-state index contributed by atoms with van der Waals surface area (Å²) in [4.78, 5) is 29.6. The summed E-state index contributed by atoms with van der Waals surface area (Å²) in [5, 5.41) is 2.96. The highest BCUT2D eigenvalue weighted by atomic mass is 16.2. The number of hydrogen-bond acceptors (Lipinski definition) is 3. The van der Waals surface area contributed by atoms with Crippen LogP contribution >= 0.6 is 0 Å². The van der Waals surface area contributed by atoms with Gasteiger partial charge in [0.2, 0.25) is 11.8 Å². The van der Waals surface area contributed by atoms with Crippen LogP contribution < -0.4 is 5.32 Å². The van der Waals surface area contributed by atoms with Crippen molar-refractivity contribution < 1.29 is 9.59 Å². The van der Waals surface area contributed by atoms with Crippen molar-refractivity contribution >= 4 is 11.8 Å². The first-order chi connectivity index (χ1) is 15.1. The van der Waals surface area contributed by atoms with Gasteiger partial charge in [0, 0.05) is 32.6 Å². The van der Waals surface area contributed by atoms with Gasteiger partial charge in [0.25, 0.3) is 0 Å². The summed E-state index contributed by atoms with van der Waals surface area (Å²) >= 11 is 0. The quantitative estimate of drug-likeness (QED) is 0.666. The molecule has 0 radical (unpaired) electrons. The number of nitrogens with zero attached hydrogens (tertiary/aromatic N) is 2. The predicted molar refractivity (Wildman–Crippen MR) is 125 cm³/mol. The number of benzene rings is 2. The Morgan fingerprint density at radius 1 is 0.839 bits per heavy atom. The molecule has 2 amide bonds. The molecule has 1 N–H and O–H groups in total. The Balaban J connectivity index is 1.68. The molecule has 1 atom stereocenters. The van der Waals surface area contributed by atoms with Crippen molar-refractivity contribution in [2.75, 3.05) is 26.2 Å². The standard InChI is InChI=1S/C26H35N3O2/c1-3-11-23(27-24(30)12-4-2)26(31)29-19-17-28(18-20-29)25(21-13-7-5-8-14-21)22-15-9-6-10-16-22/h5-10,13-16,23,25H,3-4,11-12,17-20H2,1-2H3,(H,27,30). The lowest BCUT2D eigenvalue weighted by Gasteiger charge is -2.40. The third-order valence-electron chi connectivity index (χ3n) is 5.91. The largest absolute Gasteiger partial charge is 0.344 e. The normalized spacial score (nSPS) is 15.6. The zero-order chi connectivity index (χ0) is 22.1. The SMILES string of the molecule is CCCC(=O)NC(CCC)C(=O)N1CCN(C(c2ccccc2)c2ccccc2)CC1. The molecule has 31 heavy (non-hydrogen) atoms. The fourth-order valence-corrected chi connectivity index (χ4v) is 4.35. The van der Waals surface area contributed by atoms with E-state index in [0.717, 1.165) is 25.9 Å². The van der Waals surface area contributed by atoms with Crippen molar-refractivity contribution in [2.24, 2.45) is 0 Å². The molecule has 2 aromatic carbocycles. The van der Waals surface area contributed by atoms with Gasteiger partial charge in [-0.2, -0.15) is 0 Å². The Morgan fingerprint density at radius 2 is 1.39 bits per heavy atom. The minimum atomic E-state index is -0.408. The average Bonchev–Trinajstić information content (AvgIpc) is 2.81. The zero-order valence-corrected chi connectivity index (χ0v) is 18.8.